The average molecular weight is 409 g/mol. The minimum Gasteiger partial charge on any atom is -0.490 e. The van der Waals surface area contributed by atoms with Crippen molar-refractivity contribution in [3.05, 3.63) is 69.2 Å². The summed E-state index contributed by atoms with van der Waals surface area (Å²) in [7, 11) is 0. The number of benzene rings is 1. The third kappa shape index (κ3) is 4.35. The van der Waals surface area contributed by atoms with E-state index < -0.39 is 34.4 Å². The molecule has 3 rings (SSSR count). The van der Waals surface area contributed by atoms with Crippen LogP contribution in [0.4, 0.5) is 18.9 Å². The van der Waals surface area contributed by atoms with Crippen LogP contribution in [0.2, 0.25) is 0 Å². The second-order valence-electron chi connectivity index (χ2n) is 7.23. The first-order chi connectivity index (χ1) is 13.5. The summed E-state index contributed by atoms with van der Waals surface area (Å²) in [5, 5.41) is 24.5. The van der Waals surface area contributed by atoms with E-state index >= 15 is 0 Å². The van der Waals surface area contributed by atoms with Crippen LogP contribution in [0, 0.1) is 22.6 Å². The molecule has 1 heterocycles. The van der Waals surface area contributed by atoms with Crippen LogP contribution in [0.3, 0.4) is 0 Å². The van der Waals surface area contributed by atoms with Crippen molar-refractivity contribution in [1.29, 1.82) is 0 Å². The Labute approximate surface area is 164 Å². The first-order valence-electron chi connectivity index (χ1n) is 8.75. The second kappa shape index (κ2) is 7.40. The lowest BCUT2D eigenvalue weighted by Crippen LogP contribution is -2.43. The normalized spacial score (nSPS) is 25.6. The van der Waals surface area contributed by atoms with Crippen LogP contribution in [0.25, 0.3) is 4.85 Å². The van der Waals surface area contributed by atoms with Crippen LogP contribution in [-0.2, 0) is 0 Å². The number of fused-ring (bicyclic) bond motifs is 1. The van der Waals surface area contributed by atoms with Gasteiger partial charge in [0.2, 0.25) is 0 Å². The molecule has 7 nitrogen and oxygen atoms in total. The molecule has 0 amide bonds. The number of rotatable bonds is 5. The Hall–Kier alpha value is -3.06. The van der Waals surface area contributed by atoms with Crippen molar-refractivity contribution in [1.82, 2.24) is 5.32 Å². The van der Waals surface area contributed by atoms with Gasteiger partial charge >= 0.3 is 6.18 Å². The molecule has 1 aromatic rings. The largest absolute Gasteiger partial charge is 0.490 e. The molecule has 29 heavy (non-hydrogen) atoms. The summed E-state index contributed by atoms with van der Waals surface area (Å²) < 4.78 is 45.0. The quantitative estimate of drug-likeness (QED) is 0.337. The third-order valence-electron chi connectivity index (χ3n) is 4.99. The van der Waals surface area contributed by atoms with Gasteiger partial charge in [0.15, 0.2) is 0 Å². The zero-order chi connectivity index (χ0) is 21.4. The van der Waals surface area contributed by atoms with Gasteiger partial charge in [0.05, 0.1) is 17.0 Å². The summed E-state index contributed by atoms with van der Waals surface area (Å²) in [6, 6.07) is 3.50. The van der Waals surface area contributed by atoms with Crippen molar-refractivity contribution in [3.63, 3.8) is 0 Å². The zero-order valence-electron chi connectivity index (χ0n) is 15.3. The molecule has 2 N–H and O–H groups in total. The van der Waals surface area contributed by atoms with Crippen molar-refractivity contribution in [2.45, 2.75) is 37.2 Å². The first kappa shape index (κ1) is 20.7. The van der Waals surface area contributed by atoms with Gasteiger partial charge in [0, 0.05) is 24.1 Å². The molecule has 0 saturated carbocycles. The predicted molar refractivity (Wildman–Crippen MR) is 96.9 cm³/mol. The Bertz CT molecular complexity index is 918. The van der Waals surface area contributed by atoms with Crippen molar-refractivity contribution in [2.75, 3.05) is 6.61 Å². The molecule has 4 unspecified atom stereocenters. The summed E-state index contributed by atoms with van der Waals surface area (Å²) in [5.74, 6) is -0.178. The molecule has 154 valence electrons. The smallest absolute Gasteiger partial charge is 0.419 e. The van der Waals surface area contributed by atoms with Crippen LogP contribution in [0.15, 0.2) is 47.7 Å². The second-order valence-corrected chi connectivity index (χ2v) is 7.23. The lowest BCUT2D eigenvalue weighted by molar-refractivity contribution is -0.384. The van der Waals surface area contributed by atoms with Crippen LogP contribution in [0.1, 0.15) is 13.3 Å². The topological polar surface area (TPSA) is 89.0 Å². The van der Waals surface area contributed by atoms with Crippen molar-refractivity contribution >= 4 is 5.69 Å². The van der Waals surface area contributed by atoms with Gasteiger partial charge in [-0.05, 0) is 19.1 Å². The number of halogens is 3. The molecule has 0 spiro atoms. The molecule has 0 bridgehead atoms. The van der Waals surface area contributed by atoms with Crippen LogP contribution < -0.4 is 10.1 Å². The summed E-state index contributed by atoms with van der Waals surface area (Å²) in [4.78, 5) is 13.4. The fraction of sp³-hybridized carbons (Fsp3) is 0.421. The number of nitro groups is 1. The van der Waals surface area contributed by atoms with Gasteiger partial charge < -0.3 is 20.0 Å². The van der Waals surface area contributed by atoms with Gasteiger partial charge in [-0.15, -0.1) is 0 Å². The van der Waals surface area contributed by atoms with Crippen LogP contribution >= 0.6 is 0 Å². The molecule has 0 fully saturated rings. The molecule has 1 aliphatic carbocycles. The van der Waals surface area contributed by atoms with Crippen molar-refractivity contribution < 1.29 is 27.9 Å². The highest BCUT2D eigenvalue weighted by Gasteiger charge is 2.49. The number of nitrogens with one attached hydrogen (secondary N) is 1. The number of ether oxygens (including phenoxy) is 1. The van der Waals surface area contributed by atoms with E-state index in [1.165, 1.54) is 31.2 Å². The highest BCUT2D eigenvalue weighted by atomic mass is 19.4. The van der Waals surface area contributed by atoms with Gasteiger partial charge in [-0.25, -0.2) is 6.57 Å². The maximum absolute atomic E-state index is 13.2. The number of hydrogen-bond donors (Lipinski definition) is 2. The number of nitrogens with zero attached hydrogens (tertiary/aromatic N) is 2. The van der Waals surface area contributed by atoms with E-state index in [-0.39, 0.29) is 30.4 Å². The van der Waals surface area contributed by atoms with Gasteiger partial charge in [0.25, 0.3) is 11.7 Å². The lowest BCUT2D eigenvalue weighted by Gasteiger charge is -2.28. The van der Waals surface area contributed by atoms with E-state index in [1.54, 1.807) is 6.08 Å². The summed E-state index contributed by atoms with van der Waals surface area (Å²) in [6.07, 6.45) is -1.95. The Morgan fingerprint density at radius 3 is 2.76 bits per heavy atom. The van der Waals surface area contributed by atoms with Gasteiger partial charge in [0.1, 0.15) is 23.5 Å². The summed E-state index contributed by atoms with van der Waals surface area (Å²) in [6.45, 7) is 8.23. The van der Waals surface area contributed by atoms with Crippen LogP contribution in [0.5, 0.6) is 5.75 Å². The van der Waals surface area contributed by atoms with E-state index in [0.717, 1.165) is 6.08 Å². The monoisotopic (exact) mass is 409 g/mol. The van der Waals surface area contributed by atoms with E-state index in [4.69, 9.17) is 11.3 Å². The fourth-order valence-electron chi connectivity index (χ4n) is 3.45. The Kier molecular flexibility index (Phi) is 5.28. The molecular formula is C19H18F3N3O4. The fourth-order valence-corrected chi connectivity index (χ4v) is 3.45. The molecular weight excluding hydrogens is 391 g/mol. The van der Waals surface area contributed by atoms with E-state index in [9.17, 15) is 28.4 Å². The van der Waals surface area contributed by atoms with E-state index in [2.05, 4.69) is 10.2 Å². The highest BCUT2D eigenvalue weighted by Crippen LogP contribution is 2.41. The van der Waals surface area contributed by atoms with Gasteiger partial charge in [-0.2, -0.15) is 13.2 Å². The number of nitro benzene ring substituents is 1. The summed E-state index contributed by atoms with van der Waals surface area (Å²) >= 11 is 0. The number of hydrogen-bond acceptors (Lipinski definition) is 5. The highest BCUT2D eigenvalue weighted by molar-refractivity contribution is 5.38. The Morgan fingerprint density at radius 2 is 2.14 bits per heavy atom. The Balaban J connectivity index is 1.73. The molecule has 1 aromatic carbocycles. The molecule has 1 aliphatic heterocycles. The zero-order valence-corrected chi connectivity index (χ0v) is 15.3. The minimum absolute atomic E-state index is 0.00216. The summed E-state index contributed by atoms with van der Waals surface area (Å²) in [5.41, 5.74) is -2.31. The molecule has 0 aromatic heterocycles. The number of alkyl halides is 3. The molecule has 0 saturated heterocycles. The minimum atomic E-state index is -4.59. The first-order valence-corrected chi connectivity index (χ1v) is 8.75. The maximum Gasteiger partial charge on any atom is 0.419 e. The maximum atomic E-state index is 13.2. The molecule has 4 atom stereocenters. The molecule has 2 aliphatic rings. The average Bonchev–Trinajstić information content (AvgIpc) is 3.09. The standard InChI is InChI=1S/C19H18F3N3O4/c1-18(26,10-29-13-5-3-4-12(8-13)25(27)28)17-7-11-6-16(23-2)14(19(20,21)22)9-15(11)24-17/h3-5,7-9,11,15-16,24,26H,6,10H2,1H3. The SMILES string of the molecule is [C-]#[N+]C1CC2C=C(C(C)(O)COc3cccc([N+](=O)[O-])c3)NC2C=C1C(F)(F)F. The number of aliphatic hydroxyl groups is 1. The van der Waals surface area contributed by atoms with Gasteiger partial charge in [-0.3, -0.25) is 10.1 Å². The molecule has 10 heteroatoms. The van der Waals surface area contributed by atoms with Crippen molar-refractivity contribution in [2.24, 2.45) is 5.92 Å². The van der Waals surface area contributed by atoms with Gasteiger partial charge in [-0.1, -0.05) is 12.1 Å². The third-order valence-corrected chi connectivity index (χ3v) is 4.99. The lowest BCUT2D eigenvalue weighted by atomic mass is 9.83. The number of non-ortho nitro benzene ring substituents is 1. The Morgan fingerprint density at radius 1 is 1.41 bits per heavy atom. The van der Waals surface area contributed by atoms with Crippen molar-refractivity contribution in [3.8, 4) is 5.75 Å². The van der Waals surface area contributed by atoms with E-state index in [0.29, 0.717) is 5.70 Å². The van der Waals surface area contributed by atoms with Crippen LogP contribution in [-0.4, -0.2) is 40.5 Å². The molecule has 0 radical (unpaired) electrons. The predicted octanol–water partition coefficient (Wildman–Crippen LogP) is 3.38. The van der Waals surface area contributed by atoms with E-state index in [1.807, 2.05) is 0 Å².